The van der Waals surface area contributed by atoms with Gasteiger partial charge in [0.05, 0.1) is 23.7 Å². The number of ether oxygens (including phenoxy) is 1. The Kier molecular flexibility index (Phi) is 5.06. The lowest BCUT2D eigenvalue weighted by Crippen LogP contribution is -2.43. The van der Waals surface area contributed by atoms with Crippen LogP contribution in [-0.2, 0) is 14.6 Å². The number of thiophene rings is 1. The van der Waals surface area contributed by atoms with Gasteiger partial charge in [0, 0.05) is 29.5 Å². The minimum atomic E-state index is -3.02. The first-order chi connectivity index (χ1) is 9.84. The smallest absolute Gasteiger partial charge is 0.255 e. The van der Waals surface area contributed by atoms with Crippen LogP contribution in [0.3, 0.4) is 0 Å². The molecule has 1 aliphatic rings. The van der Waals surface area contributed by atoms with Gasteiger partial charge in [-0.1, -0.05) is 0 Å². The number of hydrogen-bond donors (Lipinski definition) is 0. The molecule has 0 saturated carbocycles. The monoisotopic (exact) mass is 331 g/mol. The molecule has 118 valence electrons. The van der Waals surface area contributed by atoms with Gasteiger partial charge < -0.3 is 9.64 Å². The number of amides is 1. The highest BCUT2D eigenvalue weighted by Gasteiger charge is 2.35. The van der Waals surface area contributed by atoms with E-state index < -0.39 is 9.84 Å². The molecular weight excluding hydrogens is 310 g/mol. The molecule has 0 aromatic carbocycles. The predicted molar refractivity (Wildman–Crippen MR) is 83.8 cm³/mol. The largest absolute Gasteiger partial charge is 0.383 e. The van der Waals surface area contributed by atoms with Crippen molar-refractivity contribution in [2.24, 2.45) is 0 Å². The molecule has 2 rings (SSSR count). The molecule has 0 bridgehead atoms. The first-order valence-electron chi connectivity index (χ1n) is 6.91. The van der Waals surface area contributed by atoms with Gasteiger partial charge in [-0.05, 0) is 26.3 Å². The van der Waals surface area contributed by atoms with E-state index in [9.17, 15) is 13.2 Å². The van der Waals surface area contributed by atoms with E-state index in [0.717, 1.165) is 9.75 Å². The second-order valence-electron chi connectivity index (χ2n) is 5.38. The molecule has 2 heterocycles. The van der Waals surface area contributed by atoms with E-state index in [1.165, 1.54) is 0 Å². The molecule has 1 fully saturated rings. The number of carbonyl (C=O) groups is 1. The zero-order chi connectivity index (χ0) is 15.6. The lowest BCUT2D eigenvalue weighted by molar-refractivity contribution is 0.0624. The highest BCUT2D eigenvalue weighted by molar-refractivity contribution is 7.91. The van der Waals surface area contributed by atoms with Crippen LogP contribution in [0.15, 0.2) is 6.07 Å². The van der Waals surface area contributed by atoms with E-state index in [0.29, 0.717) is 25.1 Å². The van der Waals surface area contributed by atoms with Crippen LogP contribution in [0, 0.1) is 13.8 Å². The van der Waals surface area contributed by atoms with Crippen LogP contribution in [-0.4, -0.2) is 57.0 Å². The maximum Gasteiger partial charge on any atom is 0.255 e. The van der Waals surface area contributed by atoms with Crippen LogP contribution < -0.4 is 0 Å². The number of rotatable bonds is 5. The highest BCUT2D eigenvalue weighted by Crippen LogP contribution is 2.25. The summed E-state index contributed by atoms with van der Waals surface area (Å²) in [5.74, 6) is 0.136. The van der Waals surface area contributed by atoms with Gasteiger partial charge in [0.1, 0.15) is 0 Å². The lowest BCUT2D eigenvalue weighted by atomic mass is 10.1. The maximum absolute atomic E-state index is 12.8. The Labute approximate surface area is 129 Å². The Balaban J connectivity index is 2.23. The van der Waals surface area contributed by atoms with Crippen molar-refractivity contribution in [1.29, 1.82) is 0 Å². The second-order valence-corrected chi connectivity index (χ2v) is 9.06. The van der Waals surface area contributed by atoms with E-state index in [4.69, 9.17) is 4.74 Å². The molecule has 7 heteroatoms. The molecule has 1 atom stereocenters. The summed E-state index contributed by atoms with van der Waals surface area (Å²) in [6.07, 6.45) is 0.514. The second kappa shape index (κ2) is 6.46. The summed E-state index contributed by atoms with van der Waals surface area (Å²) in [6, 6.07) is 1.64. The average Bonchev–Trinajstić information content (AvgIpc) is 2.92. The van der Waals surface area contributed by atoms with Crippen LogP contribution in [0.2, 0.25) is 0 Å². The number of nitrogens with zero attached hydrogens (tertiary/aromatic N) is 1. The Morgan fingerprint density at radius 2 is 2.19 bits per heavy atom. The van der Waals surface area contributed by atoms with Crippen molar-refractivity contribution < 1.29 is 17.9 Å². The Morgan fingerprint density at radius 3 is 2.67 bits per heavy atom. The van der Waals surface area contributed by atoms with E-state index in [1.807, 2.05) is 19.9 Å². The minimum absolute atomic E-state index is 0.0601. The number of carbonyl (C=O) groups excluding carboxylic acids is 1. The van der Waals surface area contributed by atoms with Gasteiger partial charge in [-0.3, -0.25) is 4.79 Å². The highest BCUT2D eigenvalue weighted by atomic mass is 32.2. The van der Waals surface area contributed by atoms with Crippen LogP contribution in [0.5, 0.6) is 0 Å². The molecule has 1 aliphatic heterocycles. The third kappa shape index (κ3) is 3.84. The fraction of sp³-hybridized carbons (Fsp3) is 0.643. The van der Waals surface area contributed by atoms with Gasteiger partial charge in [-0.2, -0.15) is 0 Å². The molecule has 1 amide bonds. The number of methoxy groups -OCH3 is 1. The molecule has 5 nitrogen and oxygen atoms in total. The quantitative estimate of drug-likeness (QED) is 0.823. The molecule has 0 unspecified atom stereocenters. The van der Waals surface area contributed by atoms with Crippen LogP contribution in [0.25, 0.3) is 0 Å². The summed E-state index contributed by atoms with van der Waals surface area (Å²) in [5, 5.41) is 0. The summed E-state index contributed by atoms with van der Waals surface area (Å²) in [4.78, 5) is 16.5. The molecule has 0 aliphatic carbocycles. The molecule has 1 aromatic heterocycles. The summed E-state index contributed by atoms with van der Waals surface area (Å²) in [6.45, 7) is 4.72. The van der Waals surface area contributed by atoms with Crippen LogP contribution in [0.4, 0.5) is 0 Å². The molecule has 21 heavy (non-hydrogen) atoms. The first-order valence-corrected chi connectivity index (χ1v) is 9.55. The Bertz CT molecular complexity index is 621. The van der Waals surface area contributed by atoms with Gasteiger partial charge >= 0.3 is 0 Å². The van der Waals surface area contributed by atoms with Gasteiger partial charge in [0.25, 0.3) is 5.91 Å². The lowest BCUT2D eigenvalue weighted by Gasteiger charge is -2.28. The summed E-state index contributed by atoms with van der Waals surface area (Å²) >= 11 is 1.58. The van der Waals surface area contributed by atoms with Crippen molar-refractivity contribution in [1.82, 2.24) is 4.90 Å². The topological polar surface area (TPSA) is 63.7 Å². The SMILES string of the molecule is COCCN(C(=O)c1cc(C)sc1C)[C@H]1CCS(=O)(=O)C1. The van der Waals surface area contributed by atoms with Gasteiger partial charge in [0.2, 0.25) is 0 Å². The molecule has 0 N–H and O–H groups in total. The first kappa shape index (κ1) is 16.5. The van der Waals surface area contributed by atoms with E-state index in [2.05, 4.69) is 0 Å². The number of aryl methyl sites for hydroxylation is 2. The maximum atomic E-state index is 12.8. The fourth-order valence-electron chi connectivity index (χ4n) is 2.66. The number of hydrogen-bond acceptors (Lipinski definition) is 5. The van der Waals surface area contributed by atoms with Crippen molar-refractivity contribution in [3.63, 3.8) is 0 Å². The zero-order valence-corrected chi connectivity index (χ0v) is 14.2. The Morgan fingerprint density at radius 1 is 1.48 bits per heavy atom. The summed E-state index contributed by atoms with van der Waals surface area (Å²) in [5.41, 5.74) is 0.679. The predicted octanol–water partition coefficient (Wildman–Crippen LogP) is 1.64. The van der Waals surface area contributed by atoms with Crippen molar-refractivity contribution in [3.05, 3.63) is 21.4 Å². The molecule has 0 spiro atoms. The molecular formula is C14H21NO4S2. The van der Waals surface area contributed by atoms with Gasteiger partial charge in [0.15, 0.2) is 9.84 Å². The van der Waals surface area contributed by atoms with Gasteiger partial charge in [-0.15, -0.1) is 11.3 Å². The molecule has 1 aromatic rings. The van der Waals surface area contributed by atoms with Gasteiger partial charge in [-0.25, -0.2) is 8.42 Å². The van der Waals surface area contributed by atoms with E-state index >= 15 is 0 Å². The molecule has 0 radical (unpaired) electrons. The fourth-order valence-corrected chi connectivity index (χ4v) is 5.31. The van der Waals surface area contributed by atoms with Crippen LogP contribution in [0.1, 0.15) is 26.5 Å². The van der Waals surface area contributed by atoms with Crippen molar-refractivity contribution in [3.8, 4) is 0 Å². The average molecular weight is 331 g/mol. The van der Waals surface area contributed by atoms with E-state index in [-0.39, 0.29) is 23.5 Å². The normalized spacial score (nSPS) is 20.6. The third-order valence-electron chi connectivity index (χ3n) is 3.72. The third-order valence-corrected chi connectivity index (χ3v) is 6.43. The standard InChI is InChI=1S/C14H21NO4S2/c1-10-8-13(11(2)20-10)14(16)15(5-6-19-3)12-4-7-21(17,18)9-12/h8,12H,4-7,9H2,1-3H3/t12-/m0/s1. The Hall–Kier alpha value is -0.920. The summed E-state index contributed by atoms with van der Waals surface area (Å²) in [7, 11) is -1.44. The zero-order valence-electron chi connectivity index (χ0n) is 12.6. The number of sulfone groups is 1. The van der Waals surface area contributed by atoms with E-state index in [1.54, 1.807) is 23.3 Å². The van der Waals surface area contributed by atoms with Crippen molar-refractivity contribution in [2.45, 2.75) is 26.3 Å². The van der Waals surface area contributed by atoms with Crippen molar-refractivity contribution in [2.75, 3.05) is 31.8 Å². The summed E-state index contributed by atoms with van der Waals surface area (Å²) < 4.78 is 28.4. The van der Waals surface area contributed by atoms with Crippen molar-refractivity contribution >= 4 is 27.1 Å². The van der Waals surface area contributed by atoms with Crippen LogP contribution >= 0.6 is 11.3 Å². The molecule has 1 saturated heterocycles. The minimum Gasteiger partial charge on any atom is -0.383 e.